The fraction of sp³-hybridized carbons (Fsp3) is 0.556. The van der Waals surface area contributed by atoms with E-state index in [0.29, 0.717) is 32.8 Å². The highest BCUT2D eigenvalue weighted by Crippen LogP contribution is 2.14. The molecule has 0 saturated carbocycles. The SMILES string of the molecule is N#C[C@H]1CN(C(=O)CN2CCOCC2)CCN1Cc1ccccc1. The number of rotatable bonds is 4. The number of nitriles is 1. The van der Waals surface area contributed by atoms with E-state index in [0.717, 1.165) is 26.2 Å². The highest BCUT2D eigenvalue weighted by atomic mass is 16.5. The van der Waals surface area contributed by atoms with E-state index < -0.39 is 0 Å². The van der Waals surface area contributed by atoms with E-state index in [2.05, 4.69) is 28.0 Å². The molecule has 0 spiro atoms. The molecule has 6 heteroatoms. The number of benzene rings is 1. The summed E-state index contributed by atoms with van der Waals surface area (Å²) in [6.45, 7) is 6.11. The molecule has 0 bridgehead atoms. The van der Waals surface area contributed by atoms with Gasteiger partial charge in [-0.3, -0.25) is 14.6 Å². The molecule has 0 aliphatic carbocycles. The second-order valence-corrected chi connectivity index (χ2v) is 6.33. The van der Waals surface area contributed by atoms with E-state index in [1.807, 2.05) is 23.1 Å². The summed E-state index contributed by atoms with van der Waals surface area (Å²) >= 11 is 0. The number of morpholine rings is 1. The molecule has 2 aliphatic heterocycles. The van der Waals surface area contributed by atoms with Crippen LogP contribution in [0.2, 0.25) is 0 Å². The van der Waals surface area contributed by atoms with Gasteiger partial charge in [0.25, 0.3) is 0 Å². The van der Waals surface area contributed by atoms with Gasteiger partial charge in [0.15, 0.2) is 0 Å². The maximum atomic E-state index is 12.5. The quantitative estimate of drug-likeness (QED) is 0.808. The zero-order chi connectivity index (χ0) is 16.8. The third-order valence-electron chi connectivity index (χ3n) is 4.68. The Hall–Kier alpha value is -1.94. The van der Waals surface area contributed by atoms with Crippen molar-refractivity contribution < 1.29 is 9.53 Å². The molecule has 24 heavy (non-hydrogen) atoms. The van der Waals surface area contributed by atoms with Crippen LogP contribution >= 0.6 is 0 Å². The van der Waals surface area contributed by atoms with Crippen LogP contribution in [0.5, 0.6) is 0 Å². The number of amides is 1. The molecule has 0 aromatic heterocycles. The Morgan fingerprint density at radius 3 is 2.62 bits per heavy atom. The molecule has 128 valence electrons. The lowest BCUT2D eigenvalue weighted by Crippen LogP contribution is -2.56. The zero-order valence-electron chi connectivity index (χ0n) is 13.9. The van der Waals surface area contributed by atoms with Crippen LogP contribution in [-0.2, 0) is 16.1 Å². The summed E-state index contributed by atoms with van der Waals surface area (Å²) in [4.78, 5) is 18.6. The molecular formula is C18H24N4O2. The van der Waals surface area contributed by atoms with Gasteiger partial charge in [0.05, 0.1) is 25.8 Å². The van der Waals surface area contributed by atoms with E-state index in [4.69, 9.17) is 4.74 Å². The van der Waals surface area contributed by atoms with E-state index in [1.165, 1.54) is 5.56 Å². The first-order chi connectivity index (χ1) is 11.8. The normalized spacial score (nSPS) is 23.0. The van der Waals surface area contributed by atoms with Crippen molar-refractivity contribution in [1.82, 2.24) is 14.7 Å². The maximum absolute atomic E-state index is 12.5. The Labute approximate surface area is 143 Å². The van der Waals surface area contributed by atoms with Gasteiger partial charge < -0.3 is 9.64 Å². The lowest BCUT2D eigenvalue weighted by atomic mass is 10.1. The molecule has 1 atom stereocenters. The highest BCUT2D eigenvalue weighted by Gasteiger charge is 2.30. The van der Waals surface area contributed by atoms with Crippen LogP contribution in [0.25, 0.3) is 0 Å². The standard InChI is InChI=1S/C18H24N4O2/c19-12-17-14-22(18(23)15-20-8-10-24-11-9-20)7-6-21(17)13-16-4-2-1-3-5-16/h1-5,17H,6-11,13-15H2/t17-/m0/s1. The molecule has 1 amide bonds. The van der Waals surface area contributed by atoms with Crippen molar-refractivity contribution >= 4 is 5.91 Å². The van der Waals surface area contributed by atoms with Gasteiger partial charge in [0.1, 0.15) is 6.04 Å². The van der Waals surface area contributed by atoms with E-state index in [-0.39, 0.29) is 11.9 Å². The first kappa shape index (κ1) is 16.9. The van der Waals surface area contributed by atoms with E-state index in [9.17, 15) is 10.1 Å². The van der Waals surface area contributed by atoms with Crippen molar-refractivity contribution in [2.75, 3.05) is 52.5 Å². The molecule has 1 aromatic rings. The van der Waals surface area contributed by atoms with Crippen molar-refractivity contribution in [3.05, 3.63) is 35.9 Å². The van der Waals surface area contributed by atoms with E-state index >= 15 is 0 Å². The number of hydrogen-bond acceptors (Lipinski definition) is 5. The molecule has 6 nitrogen and oxygen atoms in total. The van der Waals surface area contributed by atoms with Gasteiger partial charge in [0.2, 0.25) is 5.91 Å². The van der Waals surface area contributed by atoms with Crippen LogP contribution < -0.4 is 0 Å². The maximum Gasteiger partial charge on any atom is 0.236 e. The van der Waals surface area contributed by atoms with Gasteiger partial charge >= 0.3 is 0 Å². The van der Waals surface area contributed by atoms with Crippen LogP contribution in [0.3, 0.4) is 0 Å². The average Bonchev–Trinajstić information content (AvgIpc) is 2.63. The summed E-state index contributed by atoms with van der Waals surface area (Å²) in [5.74, 6) is 0.122. The Kier molecular flexibility index (Phi) is 5.81. The van der Waals surface area contributed by atoms with Gasteiger partial charge in [-0.1, -0.05) is 30.3 Å². The minimum atomic E-state index is -0.243. The van der Waals surface area contributed by atoms with Crippen LogP contribution in [0.15, 0.2) is 30.3 Å². The smallest absolute Gasteiger partial charge is 0.236 e. The Balaban J connectivity index is 1.54. The zero-order valence-corrected chi connectivity index (χ0v) is 13.9. The average molecular weight is 328 g/mol. The summed E-state index contributed by atoms with van der Waals surface area (Å²) in [5, 5.41) is 9.50. The second-order valence-electron chi connectivity index (χ2n) is 6.33. The molecule has 2 saturated heterocycles. The number of ether oxygens (including phenoxy) is 1. The number of carbonyl (C=O) groups is 1. The second kappa shape index (κ2) is 8.25. The van der Waals surface area contributed by atoms with E-state index in [1.54, 1.807) is 0 Å². The summed E-state index contributed by atoms with van der Waals surface area (Å²) in [5.41, 5.74) is 1.20. The fourth-order valence-electron chi connectivity index (χ4n) is 3.23. The number of piperazine rings is 1. The monoisotopic (exact) mass is 328 g/mol. The number of nitrogens with zero attached hydrogens (tertiary/aromatic N) is 4. The number of hydrogen-bond donors (Lipinski definition) is 0. The summed E-state index contributed by atoms with van der Waals surface area (Å²) in [6, 6.07) is 12.3. The topological polar surface area (TPSA) is 59.8 Å². The Morgan fingerprint density at radius 1 is 1.17 bits per heavy atom. The Bertz CT molecular complexity index is 580. The molecular weight excluding hydrogens is 304 g/mol. The van der Waals surface area contributed by atoms with Gasteiger partial charge in [-0.05, 0) is 5.56 Å². The summed E-state index contributed by atoms with van der Waals surface area (Å²) in [6.07, 6.45) is 0. The van der Waals surface area contributed by atoms with Crippen molar-refractivity contribution in [3.63, 3.8) is 0 Å². The molecule has 0 radical (unpaired) electrons. The van der Waals surface area contributed by atoms with Crippen molar-refractivity contribution in [2.45, 2.75) is 12.6 Å². The molecule has 2 fully saturated rings. The fourth-order valence-corrected chi connectivity index (χ4v) is 3.23. The third-order valence-corrected chi connectivity index (χ3v) is 4.68. The largest absolute Gasteiger partial charge is 0.379 e. The van der Waals surface area contributed by atoms with Crippen molar-refractivity contribution in [1.29, 1.82) is 5.26 Å². The predicted octanol–water partition coefficient (Wildman–Crippen LogP) is 0.555. The van der Waals surface area contributed by atoms with Crippen molar-refractivity contribution in [2.24, 2.45) is 0 Å². The first-order valence-corrected chi connectivity index (χ1v) is 8.52. The molecule has 0 unspecified atom stereocenters. The highest BCUT2D eigenvalue weighted by molar-refractivity contribution is 5.78. The first-order valence-electron chi connectivity index (χ1n) is 8.52. The minimum absolute atomic E-state index is 0.122. The molecule has 2 heterocycles. The lowest BCUT2D eigenvalue weighted by Gasteiger charge is -2.39. The molecule has 3 rings (SSSR count). The Morgan fingerprint density at radius 2 is 1.92 bits per heavy atom. The van der Waals surface area contributed by atoms with Gasteiger partial charge in [-0.15, -0.1) is 0 Å². The molecule has 0 N–H and O–H groups in total. The summed E-state index contributed by atoms with van der Waals surface area (Å²) < 4.78 is 5.32. The van der Waals surface area contributed by atoms with Crippen LogP contribution in [0.4, 0.5) is 0 Å². The lowest BCUT2D eigenvalue weighted by molar-refractivity contribution is -0.136. The van der Waals surface area contributed by atoms with Crippen LogP contribution in [-0.4, -0.2) is 79.1 Å². The predicted molar refractivity (Wildman–Crippen MR) is 90.1 cm³/mol. The van der Waals surface area contributed by atoms with Crippen molar-refractivity contribution in [3.8, 4) is 6.07 Å². The molecule has 1 aromatic carbocycles. The van der Waals surface area contributed by atoms with Gasteiger partial charge in [-0.25, -0.2) is 0 Å². The van der Waals surface area contributed by atoms with Gasteiger partial charge in [-0.2, -0.15) is 5.26 Å². The molecule has 2 aliphatic rings. The minimum Gasteiger partial charge on any atom is -0.379 e. The number of carbonyl (C=O) groups excluding carboxylic acids is 1. The van der Waals surface area contributed by atoms with Gasteiger partial charge in [0, 0.05) is 39.3 Å². The summed E-state index contributed by atoms with van der Waals surface area (Å²) in [7, 11) is 0. The van der Waals surface area contributed by atoms with Crippen LogP contribution in [0.1, 0.15) is 5.56 Å². The third kappa shape index (κ3) is 4.32. The van der Waals surface area contributed by atoms with Crippen LogP contribution in [0, 0.1) is 11.3 Å².